The van der Waals surface area contributed by atoms with E-state index in [9.17, 15) is 14.4 Å². The van der Waals surface area contributed by atoms with E-state index in [-0.39, 0.29) is 17.6 Å². The van der Waals surface area contributed by atoms with Gasteiger partial charge in [-0.15, -0.1) is 0 Å². The summed E-state index contributed by atoms with van der Waals surface area (Å²) in [5.41, 5.74) is -0.234. The Morgan fingerprint density at radius 2 is 1.47 bits per heavy atom. The number of aliphatic carboxylic acids is 2. The number of rotatable bonds is 6. The predicted molar refractivity (Wildman–Crippen MR) is 68.0 cm³/mol. The van der Waals surface area contributed by atoms with Crippen LogP contribution in [-0.2, 0) is 9.59 Å². The maximum Gasteiger partial charge on any atom is 0.332 e. The van der Waals surface area contributed by atoms with Crippen molar-refractivity contribution in [2.24, 2.45) is 0 Å². The lowest BCUT2D eigenvalue weighted by Crippen LogP contribution is -2.14. The van der Waals surface area contributed by atoms with Gasteiger partial charge in [-0.2, -0.15) is 0 Å². The summed E-state index contributed by atoms with van der Waals surface area (Å²) in [6.45, 7) is 1.54. The fourth-order valence-electron chi connectivity index (χ4n) is 1.69. The van der Waals surface area contributed by atoms with E-state index in [2.05, 4.69) is 0 Å². The van der Waals surface area contributed by atoms with Gasteiger partial charge < -0.3 is 10.2 Å². The minimum Gasteiger partial charge on any atom is -0.478 e. The number of Topliss-reactive ketones (excluding diaryl/α,β-unsaturated/α-hetero) is 1. The minimum absolute atomic E-state index is 0.0546. The Bertz CT molecular complexity index is 528. The highest BCUT2D eigenvalue weighted by atomic mass is 16.4. The van der Waals surface area contributed by atoms with Gasteiger partial charge in [-0.3, -0.25) is 4.79 Å². The summed E-state index contributed by atoms with van der Waals surface area (Å²) >= 11 is 0. The van der Waals surface area contributed by atoms with Crippen LogP contribution in [0.1, 0.15) is 30.1 Å². The predicted octanol–water partition coefficient (Wildman–Crippen LogP) is 2.14. The molecule has 1 aromatic carbocycles. The van der Waals surface area contributed by atoms with E-state index in [1.807, 2.05) is 0 Å². The monoisotopic (exact) mass is 262 g/mol. The zero-order chi connectivity index (χ0) is 14.4. The number of hydrogen-bond acceptors (Lipinski definition) is 3. The van der Waals surface area contributed by atoms with Gasteiger partial charge in [-0.25, -0.2) is 9.59 Å². The molecule has 0 aliphatic carbocycles. The summed E-state index contributed by atoms with van der Waals surface area (Å²) in [7, 11) is 0. The first kappa shape index (κ1) is 14.6. The molecule has 1 aromatic rings. The Hall–Kier alpha value is -2.43. The number of hydrogen-bond donors (Lipinski definition) is 2. The lowest BCUT2D eigenvalue weighted by Gasteiger charge is -2.06. The van der Waals surface area contributed by atoms with E-state index in [1.54, 1.807) is 37.3 Å². The Labute approximate surface area is 110 Å². The summed E-state index contributed by atoms with van der Waals surface area (Å²) in [6.07, 6.45) is -0.367. The van der Waals surface area contributed by atoms with Crippen LogP contribution in [0.4, 0.5) is 0 Å². The lowest BCUT2D eigenvalue weighted by atomic mass is 9.97. The summed E-state index contributed by atoms with van der Waals surface area (Å²) < 4.78 is 0. The van der Waals surface area contributed by atoms with Crippen LogP contribution in [0.3, 0.4) is 0 Å². The Kier molecular flexibility index (Phi) is 5.00. The van der Waals surface area contributed by atoms with Crippen LogP contribution in [0.25, 0.3) is 0 Å². The van der Waals surface area contributed by atoms with E-state index in [1.165, 1.54) is 0 Å². The highest BCUT2D eigenvalue weighted by Crippen LogP contribution is 2.16. The van der Waals surface area contributed by atoms with Crippen molar-refractivity contribution in [3.05, 3.63) is 47.0 Å². The molecule has 0 atom stereocenters. The average Bonchev–Trinajstić information content (AvgIpc) is 2.38. The van der Waals surface area contributed by atoms with Crippen LogP contribution < -0.4 is 0 Å². The quantitative estimate of drug-likeness (QED) is 0.605. The number of ketones is 1. The molecule has 0 saturated heterocycles. The summed E-state index contributed by atoms with van der Waals surface area (Å²) in [5, 5.41) is 18.0. The molecule has 0 bridgehead atoms. The molecule has 2 N–H and O–H groups in total. The van der Waals surface area contributed by atoms with Crippen LogP contribution in [0.5, 0.6) is 0 Å². The van der Waals surface area contributed by atoms with Gasteiger partial charge in [0, 0.05) is 17.6 Å². The smallest absolute Gasteiger partial charge is 0.332 e. The molecular weight excluding hydrogens is 248 g/mol. The fourth-order valence-corrected chi connectivity index (χ4v) is 1.69. The van der Waals surface area contributed by atoms with Crippen molar-refractivity contribution in [2.75, 3.05) is 0 Å². The molecule has 100 valence electrons. The highest BCUT2D eigenvalue weighted by molar-refractivity contribution is 6.06. The molecule has 0 unspecified atom stereocenters. The first-order valence-electron chi connectivity index (χ1n) is 5.74. The molecule has 0 heterocycles. The van der Waals surface area contributed by atoms with Crippen molar-refractivity contribution < 1.29 is 24.6 Å². The number of carboxylic acid groups (broad SMARTS) is 2. The first-order chi connectivity index (χ1) is 8.97. The molecule has 5 heteroatoms. The van der Waals surface area contributed by atoms with E-state index < -0.39 is 24.1 Å². The molecule has 1 rings (SSSR count). The summed E-state index contributed by atoms with van der Waals surface area (Å²) in [4.78, 5) is 34.0. The van der Waals surface area contributed by atoms with E-state index >= 15 is 0 Å². The summed E-state index contributed by atoms with van der Waals surface area (Å²) in [5.74, 6) is -3.09. The largest absolute Gasteiger partial charge is 0.478 e. The molecule has 19 heavy (non-hydrogen) atoms. The van der Waals surface area contributed by atoms with Crippen molar-refractivity contribution in [1.82, 2.24) is 0 Å². The topological polar surface area (TPSA) is 91.7 Å². The van der Waals surface area contributed by atoms with Crippen LogP contribution in [0.15, 0.2) is 41.5 Å². The van der Waals surface area contributed by atoms with Crippen LogP contribution in [0.2, 0.25) is 0 Å². The maximum absolute atomic E-state index is 11.9. The molecular formula is C14H14O5. The zero-order valence-electron chi connectivity index (χ0n) is 10.4. The number of carbonyl (C=O) groups excluding carboxylic acids is 1. The van der Waals surface area contributed by atoms with Gasteiger partial charge >= 0.3 is 11.9 Å². The third kappa shape index (κ3) is 3.77. The van der Waals surface area contributed by atoms with Gasteiger partial charge in [-0.05, 0) is 6.42 Å². The SMILES string of the molecule is CC/C(C(=O)O)=C(/CC(=O)c1ccccc1)C(=O)O. The molecule has 0 aromatic heterocycles. The Morgan fingerprint density at radius 1 is 0.947 bits per heavy atom. The number of carboxylic acids is 2. The van der Waals surface area contributed by atoms with Crippen molar-refractivity contribution >= 4 is 17.7 Å². The molecule has 0 amide bonds. The highest BCUT2D eigenvalue weighted by Gasteiger charge is 2.21. The van der Waals surface area contributed by atoms with Crippen molar-refractivity contribution in [2.45, 2.75) is 19.8 Å². The van der Waals surface area contributed by atoms with Crippen molar-refractivity contribution in [1.29, 1.82) is 0 Å². The molecule has 0 saturated carbocycles. The van der Waals surface area contributed by atoms with Crippen LogP contribution in [-0.4, -0.2) is 27.9 Å². The molecule has 0 spiro atoms. The second kappa shape index (κ2) is 6.49. The zero-order valence-corrected chi connectivity index (χ0v) is 10.4. The lowest BCUT2D eigenvalue weighted by molar-refractivity contribution is -0.136. The number of benzene rings is 1. The van der Waals surface area contributed by atoms with Crippen LogP contribution in [0, 0.1) is 0 Å². The van der Waals surface area contributed by atoms with E-state index in [0.29, 0.717) is 5.56 Å². The van der Waals surface area contributed by atoms with Crippen molar-refractivity contribution in [3.8, 4) is 0 Å². The van der Waals surface area contributed by atoms with Gasteiger partial charge in [0.05, 0.1) is 5.57 Å². The van der Waals surface area contributed by atoms with Crippen molar-refractivity contribution in [3.63, 3.8) is 0 Å². The normalized spacial score (nSPS) is 11.6. The first-order valence-corrected chi connectivity index (χ1v) is 5.74. The molecule has 0 aliphatic rings. The van der Waals surface area contributed by atoms with Gasteiger partial charge in [-0.1, -0.05) is 37.3 Å². The standard InChI is InChI=1S/C14H14O5/c1-2-10(13(16)17)11(14(18)19)8-12(15)9-6-4-3-5-7-9/h3-7H,2,8H2,1H3,(H,16,17)(H,18,19)/b11-10+. The molecule has 0 fully saturated rings. The van der Waals surface area contributed by atoms with Gasteiger partial charge in [0.2, 0.25) is 0 Å². The van der Waals surface area contributed by atoms with E-state index in [0.717, 1.165) is 0 Å². The summed E-state index contributed by atoms with van der Waals surface area (Å²) in [6, 6.07) is 8.19. The van der Waals surface area contributed by atoms with E-state index in [4.69, 9.17) is 10.2 Å². The average molecular weight is 262 g/mol. The third-order valence-corrected chi connectivity index (χ3v) is 2.67. The number of carbonyl (C=O) groups is 3. The van der Waals surface area contributed by atoms with Gasteiger partial charge in [0.1, 0.15) is 0 Å². The molecule has 0 radical (unpaired) electrons. The van der Waals surface area contributed by atoms with Gasteiger partial charge in [0.25, 0.3) is 0 Å². The molecule has 5 nitrogen and oxygen atoms in total. The second-order valence-electron chi connectivity index (χ2n) is 3.89. The Balaban J connectivity index is 3.08. The maximum atomic E-state index is 11.9. The third-order valence-electron chi connectivity index (χ3n) is 2.67. The Morgan fingerprint density at radius 3 is 1.89 bits per heavy atom. The molecule has 0 aliphatic heterocycles. The van der Waals surface area contributed by atoms with Gasteiger partial charge in [0.15, 0.2) is 5.78 Å². The second-order valence-corrected chi connectivity index (χ2v) is 3.89. The minimum atomic E-state index is -1.37. The van der Waals surface area contributed by atoms with Crippen LogP contribution >= 0.6 is 0 Å². The fraction of sp³-hybridized carbons (Fsp3) is 0.214.